The van der Waals surface area contributed by atoms with E-state index in [1.165, 1.54) is 0 Å². The van der Waals surface area contributed by atoms with E-state index >= 15 is 0 Å². The topological polar surface area (TPSA) is 185 Å². The van der Waals surface area contributed by atoms with Crippen molar-refractivity contribution in [2.24, 2.45) is 11.8 Å². The molecule has 13 nitrogen and oxygen atoms in total. The SMILES string of the molecule is CC(C)C(=O)CNC(=O)[C@@H](CC(=O)CNC(=O)CCC(=O)CCOCCNC(=O)CCN1C(=O)C=CC1=O)Cc1ccccc1. The largest absolute Gasteiger partial charge is 0.379 e. The first kappa shape index (κ1) is 36.7. The number of benzene rings is 1. The molecule has 0 saturated carbocycles. The summed E-state index contributed by atoms with van der Waals surface area (Å²) in [5.74, 6) is -3.74. The Balaban J connectivity index is 1.60. The van der Waals surface area contributed by atoms with Gasteiger partial charge in [0.1, 0.15) is 5.78 Å². The van der Waals surface area contributed by atoms with E-state index in [-0.39, 0.29) is 101 Å². The molecule has 1 heterocycles. The van der Waals surface area contributed by atoms with Gasteiger partial charge in [-0.3, -0.25) is 43.3 Å². The van der Waals surface area contributed by atoms with Crippen LogP contribution in [0.5, 0.6) is 0 Å². The minimum absolute atomic E-state index is 0.0126. The molecule has 244 valence electrons. The number of imide groups is 1. The zero-order valence-corrected chi connectivity index (χ0v) is 25.8. The summed E-state index contributed by atoms with van der Waals surface area (Å²) in [4.78, 5) is 97.4. The van der Waals surface area contributed by atoms with Gasteiger partial charge in [0, 0.05) is 69.2 Å². The lowest BCUT2D eigenvalue weighted by Gasteiger charge is -2.17. The molecule has 0 saturated heterocycles. The van der Waals surface area contributed by atoms with E-state index in [1.807, 2.05) is 30.3 Å². The van der Waals surface area contributed by atoms with Gasteiger partial charge in [-0.2, -0.15) is 0 Å². The van der Waals surface area contributed by atoms with Crippen molar-refractivity contribution in [3.8, 4) is 0 Å². The number of nitrogens with zero attached hydrogens (tertiary/aromatic N) is 1. The van der Waals surface area contributed by atoms with Crippen LogP contribution < -0.4 is 16.0 Å². The molecule has 3 N–H and O–H groups in total. The third kappa shape index (κ3) is 14.7. The van der Waals surface area contributed by atoms with Crippen LogP contribution >= 0.6 is 0 Å². The number of ketones is 3. The average molecular weight is 627 g/mol. The van der Waals surface area contributed by atoms with E-state index in [9.17, 15) is 38.4 Å². The highest BCUT2D eigenvalue weighted by Crippen LogP contribution is 2.14. The third-order valence-electron chi connectivity index (χ3n) is 6.92. The van der Waals surface area contributed by atoms with Crippen LogP contribution in [0.25, 0.3) is 0 Å². The van der Waals surface area contributed by atoms with Crippen molar-refractivity contribution in [1.82, 2.24) is 20.9 Å². The van der Waals surface area contributed by atoms with Crippen LogP contribution in [-0.4, -0.2) is 91.2 Å². The average Bonchev–Trinajstić information content (AvgIpc) is 3.34. The van der Waals surface area contributed by atoms with Gasteiger partial charge in [0.15, 0.2) is 11.6 Å². The Kier molecular flexibility index (Phi) is 16.1. The van der Waals surface area contributed by atoms with Crippen molar-refractivity contribution in [1.29, 1.82) is 0 Å². The quantitative estimate of drug-likeness (QED) is 0.121. The van der Waals surface area contributed by atoms with Gasteiger partial charge < -0.3 is 20.7 Å². The van der Waals surface area contributed by atoms with Crippen molar-refractivity contribution >= 4 is 46.9 Å². The first-order valence-electron chi connectivity index (χ1n) is 15.0. The lowest BCUT2D eigenvalue weighted by atomic mass is 9.93. The molecule has 13 heteroatoms. The monoisotopic (exact) mass is 626 g/mol. The number of ether oxygens (including phenoxy) is 1. The maximum atomic E-state index is 12.8. The van der Waals surface area contributed by atoms with Crippen LogP contribution in [0.1, 0.15) is 51.5 Å². The standard InChI is InChI=1S/C32H42N4O9/c1-22(2)27(39)21-35-32(44)24(18-23-6-4-3-5-7-23)19-26(38)20-34-28(40)9-8-25(37)13-16-45-17-14-33-29(41)12-15-36-30(42)10-11-31(36)43/h3-7,10-11,22,24H,8-9,12-21H2,1-2H3,(H,33,41)(H,34,40)(H,35,44)/t24-/m1/s1. The highest BCUT2D eigenvalue weighted by Gasteiger charge is 2.24. The first-order valence-corrected chi connectivity index (χ1v) is 15.0. The fourth-order valence-electron chi connectivity index (χ4n) is 4.19. The molecular formula is C32H42N4O9. The first-order chi connectivity index (χ1) is 21.5. The van der Waals surface area contributed by atoms with Crippen LogP contribution in [0.15, 0.2) is 42.5 Å². The van der Waals surface area contributed by atoms with Crippen molar-refractivity contribution < 1.29 is 43.1 Å². The molecule has 0 aliphatic carbocycles. The van der Waals surface area contributed by atoms with Gasteiger partial charge in [-0.15, -0.1) is 0 Å². The second-order valence-corrected chi connectivity index (χ2v) is 10.9. The molecule has 0 spiro atoms. The maximum absolute atomic E-state index is 12.8. The zero-order valence-electron chi connectivity index (χ0n) is 25.8. The summed E-state index contributed by atoms with van der Waals surface area (Å²) in [6.45, 7) is 3.51. The lowest BCUT2D eigenvalue weighted by Crippen LogP contribution is -2.39. The van der Waals surface area contributed by atoms with E-state index in [2.05, 4.69) is 16.0 Å². The fourth-order valence-corrected chi connectivity index (χ4v) is 4.19. The van der Waals surface area contributed by atoms with Crippen molar-refractivity contribution in [2.45, 2.75) is 52.4 Å². The van der Waals surface area contributed by atoms with Gasteiger partial charge >= 0.3 is 0 Å². The minimum Gasteiger partial charge on any atom is -0.379 e. The maximum Gasteiger partial charge on any atom is 0.253 e. The molecule has 2 rings (SSSR count). The molecule has 1 aliphatic rings. The van der Waals surface area contributed by atoms with Gasteiger partial charge in [-0.25, -0.2) is 0 Å². The molecule has 1 aromatic rings. The molecular weight excluding hydrogens is 584 g/mol. The van der Waals surface area contributed by atoms with Crippen LogP contribution in [0.2, 0.25) is 0 Å². The Morgan fingerprint density at radius 3 is 2.09 bits per heavy atom. The normalized spacial score (nSPS) is 13.1. The zero-order chi connectivity index (χ0) is 33.2. The van der Waals surface area contributed by atoms with Gasteiger partial charge in [-0.05, 0) is 12.0 Å². The van der Waals surface area contributed by atoms with Gasteiger partial charge in [-0.1, -0.05) is 44.2 Å². The molecule has 1 aliphatic heterocycles. The van der Waals surface area contributed by atoms with Crippen LogP contribution in [0, 0.1) is 11.8 Å². The predicted molar refractivity (Wildman–Crippen MR) is 162 cm³/mol. The smallest absolute Gasteiger partial charge is 0.253 e. The minimum atomic E-state index is -0.713. The molecule has 1 atom stereocenters. The van der Waals surface area contributed by atoms with Gasteiger partial charge in [0.05, 0.1) is 26.3 Å². The molecule has 0 bridgehead atoms. The number of nitrogens with one attached hydrogen (secondary N) is 3. The molecule has 45 heavy (non-hydrogen) atoms. The van der Waals surface area contributed by atoms with E-state index in [0.717, 1.165) is 22.6 Å². The van der Waals surface area contributed by atoms with Gasteiger partial charge in [0.25, 0.3) is 11.8 Å². The lowest BCUT2D eigenvalue weighted by molar-refractivity contribution is -0.137. The van der Waals surface area contributed by atoms with Crippen molar-refractivity contribution in [2.75, 3.05) is 39.4 Å². The van der Waals surface area contributed by atoms with Crippen LogP contribution in [0.4, 0.5) is 0 Å². The van der Waals surface area contributed by atoms with Crippen molar-refractivity contribution in [3.05, 3.63) is 48.0 Å². The fraction of sp³-hybridized carbons (Fsp3) is 0.500. The molecule has 1 aromatic carbocycles. The Morgan fingerprint density at radius 1 is 0.756 bits per heavy atom. The predicted octanol–water partition coefficient (Wildman–Crippen LogP) is 0.449. The summed E-state index contributed by atoms with van der Waals surface area (Å²) < 4.78 is 5.33. The van der Waals surface area contributed by atoms with E-state index < -0.39 is 29.5 Å². The Bertz CT molecular complexity index is 1240. The van der Waals surface area contributed by atoms with Gasteiger partial charge in [0.2, 0.25) is 17.7 Å². The summed E-state index contributed by atoms with van der Waals surface area (Å²) >= 11 is 0. The summed E-state index contributed by atoms with van der Waals surface area (Å²) in [7, 11) is 0. The second kappa shape index (κ2) is 19.7. The number of carbonyl (C=O) groups is 8. The summed E-state index contributed by atoms with van der Waals surface area (Å²) in [5, 5.41) is 7.71. The summed E-state index contributed by atoms with van der Waals surface area (Å²) in [6.07, 6.45) is 2.37. The number of hydrogen-bond acceptors (Lipinski definition) is 9. The number of Topliss-reactive ketones (excluding diaryl/α,β-unsaturated/α-hetero) is 3. The molecule has 0 radical (unpaired) electrons. The molecule has 0 unspecified atom stereocenters. The molecule has 0 fully saturated rings. The van der Waals surface area contributed by atoms with Crippen LogP contribution in [0.3, 0.4) is 0 Å². The van der Waals surface area contributed by atoms with E-state index in [1.54, 1.807) is 13.8 Å². The van der Waals surface area contributed by atoms with E-state index in [4.69, 9.17) is 4.74 Å². The highest BCUT2D eigenvalue weighted by atomic mass is 16.5. The number of carbonyl (C=O) groups excluding carboxylic acids is 8. The third-order valence-corrected chi connectivity index (χ3v) is 6.92. The molecule has 0 aromatic heterocycles. The number of amides is 5. The van der Waals surface area contributed by atoms with Crippen LogP contribution in [-0.2, 0) is 49.5 Å². The number of rotatable bonds is 22. The number of hydrogen-bond donors (Lipinski definition) is 3. The van der Waals surface area contributed by atoms with Crippen molar-refractivity contribution in [3.63, 3.8) is 0 Å². The molecule has 5 amide bonds. The summed E-state index contributed by atoms with van der Waals surface area (Å²) in [6, 6.07) is 9.19. The second-order valence-electron chi connectivity index (χ2n) is 10.9. The Labute approximate surface area is 262 Å². The highest BCUT2D eigenvalue weighted by molar-refractivity contribution is 6.13. The summed E-state index contributed by atoms with van der Waals surface area (Å²) in [5.41, 5.74) is 0.861. The Hall–Kier alpha value is -4.52. The Morgan fingerprint density at radius 2 is 1.42 bits per heavy atom. The van der Waals surface area contributed by atoms with E-state index in [0.29, 0.717) is 6.42 Å².